The van der Waals surface area contributed by atoms with Crippen molar-refractivity contribution < 1.29 is 14.3 Å². The van der Waals surface area contributed by atoms with Crippen molar-refractivity contribution >= 4 is 17.5 Å². The van der Waals surface area contributed by atoms with Crippen molar-refractivity contribution in [2.24, 2.45) is 0 Å². The van der Waals surface area contributed by atoms with Crippen LogP contribution >= 0.6 is 0 Å². The lowest BCUT2D eigenvalue weighted by Gasteiger charge is -2.22. The lowest BCUT2D eigenvalue weighted by Crippen LogP contribution is -2.40. The molecule has 1 aromatic carbocycles. The maximum absolute atomic E-state index is 12.4. The van der Waals surface area contributed by atoms with E-state index in [9.17, 15) is 9.59 Å². The van der Waals surface area contributed by atoms with Gasteiger partial charge >= 0.3 is 0 Å². The molecule has 1 atom stereocenters. The first kappa shape index (κ1) is 13.9. The zero-order valence-electron chi connectivity index (χ0n) is 12.2. The van der Waals surface area contributed by atoms with E-state index in [1.54, 1.807) is 7.11 Å². The Bertz CT molecular complexity index is 535. The summed E-state index contributed by atoms with van der Waals surface area (Å²) in [5, 5.41) is 3.16. The van der Waals surface area contributed by atoms with Gasteiger partial charge in [0.05, 0.1) is 13.5 Å². The number of benzene rings is 1. The number of nitrogens with zero attached hydrogens (tertiary/aromatic N) is 1. The van der Waals surface area contributed by atoms with Crippen molar-refractivity contribution in [2.45, 2.75) is 44.2 Å². The Balaban J connectivity index is 1.68. The van der Waals surface area contributed by atoms with Gasteiger partial charge in [-0.2, -0.15) is 0 Å². The highest BCUT2D eigenvalue weighted by Gasteiger charge is 2.42. The monoisotopic (exact) mass is 288 g/mol. The van der Waals surface area contributed by atoms with E-state index in [1.807, 2.05) is 24.3 Å². The zero-order chi connectivity index (χ0) is 14.8. The highest BCUT2D eigenvalue weighted by molar-refractivity contribution is 6.07. The molecule has 0 bridgehead atoms. The Kier molecular flexibility index (Phi) is 3.82. The first-order valence-electron chi connectivity index (χ1n) is 7.45. The second-order valence-corrected chi connectivity index (χ2v) is 5.67. The molecule has 1 aliphatic carbocycles. The van der Waals surface area contributed by atoms with E-state index in [4.69, 9.17) is 4.74 Å². The Morgan fingerprint density at radius 3 is 2.43 bits per heavy atom. The number of hydrogen-bond acceptors (Lipinski definition) is 4. The van der Waals surface area contributed by atoms with E-state index >= 15 is 0 Å². The lowest BCUT2D eigenvalue weighted by atomic mass is 10.2. The average molecular weight is 288 g/mol. The van der Waals surface area contributed by atoms with Gasteiger partial charge in [0, 0.05) is 11.7 Å². The first-order valence-corrected chi connectivity index (χ1v) is 7.45. The largest absolute Gasteiger partial charge is 0.497 e. The van der Waals surface area contributed by atoms with Gasteiger partial charge in [-0.15, -0.1) is 0 Å². The summed E-state index contributed by atoms with van der Waals surface area (Å²) in [5.41, 5.74) is 0.829. The highest BCUT2D eigenvalue weighted by atomic mass is 16.5. The Morgan fingerprint density at radius 1 is 1.14 bits per heavy atom. The van der Waals surface area contributed by atoms with E-state index in [0.29, 0.717) is 0 Å². The lowest BCUT2D eigenvalue weighted by molar-refractivity contribution is -0.141. The number of hydrogen-bond donors (Lipinski definition) is 1. The number of ether oxygens (including phenoxy) is 1. The van der Waals surface area contributed by atoms with Crippen LogP contribution in [0.15, 0.2) is 24.3 Å². The minimum absolute atomic E-state index is 0.0436. The summed E-state index contributed by atoms with van der Waals surface area (Å²) >= 11 is 0. The molecular formula is C16H20N2O3. The molecule has 0 spiro atoms. The number of carbonyl (C=O) groups is 2. The summed E-state index contributed by atoms with van der Waals surface area (Å²) in [6.45, 7) is 0. The van der Waals surface area contributed by atoms with Gasteiger partial charge in [0.1, 0.15) is 11.8 Å². The van der Waals surface area contributed by atoms with Crippen LogP contribution in [0.3, 0.4) is 0 Å². The average Bonchev–Trinajstić information content (AvgIpc) is 3.09. The summed E-state index contributed by atoms with van der Waals surface area (Å²) in [6.07, 6.45) is 4.37. The van der Waals surface area contributed by atoms with Gasteiger partial charge in [-0.1, -0.05) is 12.8 Å². The molecule has 5 heteroatoms. The summed E-state index contributed by atoms with van der Waals surface area (Å²) in [6, 6.07) is 7.06. The number of rotatable bonds is 4. The van der Waals surface area contributed by atoms with Crippen LogP contribution in [-0.4, -0.2) is 35.9 Å². The Hall–Kier alpha value is -2.04. The van der Waals surface area contributed by atoms with Crippen LogP contribution in [0.5, 0.6) is 5.75 Å². The van der Waals surface area contributed by atoms with Gasteiger partial charge in [0.15, 0.2) is 0 Å². The second kappa shape index (κ2) is 5.76. The van der Waals surface area contributed by atoms with E-state index in [0.717, 1.165) is 37.1 Å². The van der Waals surface area contributed by atoms with Crippen molar-refractivity contribution in [3.05, 3.63) is 24.3 Å². The molecule has 21 heavy (non-hydrogen) atoms. The fraction of sp³-hybridized carbons (Fsp3) is 0.500. The molecule has 1 saturated carbocycles. The van der Waals surface area contributed by atoms with Crippen LogP contribution in [0, 0.1) is 0 Å². The third-order valence-corrected chi connectivity index (χ3v) is 4.30. The van der Waals surface area contributed by atoms with Crippen LogP contribution in [0.1, 0.15) is 32.1 Å². The summed E-state index contributed by atoms with van der Waals surface area (Å²) in [4.78, 5) is 26.1. The normalized spacial score (nSPS) is 22.9. The zero-order valence-corrected chi connectivity index (χ0v) is 12.2. The number of methoxy groups -OCH3 is 1. The van der Waals surface area contributed by atoms with Crippen LogP contribution in [0.2, 0.25) is 0 Å². The number of nitrogens with one attached hydrogen (secondary N) is 1. The molecule has 1 N–H and O–H groups in total. The smallest absolute Gasteiger partial charge is 0.252 e. The second-order valence-electron chi connectivity index (χ2n) is 5.67. The van der Waals surface area contributed by atoms with Crippen molar-refractivity contribution in [1.82, 2.24) is 4.90 Å². The van der Waals surface area contributed by atoms with E-state index in [1.165, 1.54) is 4.90 Å². The predicted molar refractivity (Wildman–Crippen MR) is 79.1 cm³/mol. The van der Waals surface area contributed by atoms with Crippen molar-refractivity contribution in [3.63, 3.8) is 0 Å². The molecule has 5 nitrogen and oxygen atoms in total. The van der Waals surface area contributed by atoms with Crippen molar-refractivity contribution in [2.75, 3.05) is 12.4 Å². The minimum atomic E-state index is -0.438. The third-order valence-electron chi connectivity index (χ3n) is 4.30. The van der Waals surface area contributed by atoms with Crippen LogP contribution in [-0.2, 0) is 9.59 Å². The van der Waals surface area contributed by atoms with Gasteiger partial charge < -0.3 is 10.1 Å². The minimum Gasteiger partial charge on any atom is -0.497 e. The topological polar surface area (TPSA) is 58.6 Å². The van der Waals surface area contributed by atoms with Gasteiger partial charge in [-0.25, -0.2) is 0 Å². The fourth-order valence-corrected chi connectivity index (χ4v) is 3.20. The molecule has 0 unspecified atom stereocenters. The van der Waals surface area contributed by atoms with Crippen LogP contribution in [0.4, 0.5) is 5.69 Å². The van der Waals surface area contributed by atoms with Crippen molar-refractivity contribution in [1.29, 1.82) is 0 Å². The standard InChI is InChI=1S/C16H20N2O3/c1-21-13-8-6-11(7-9-13)17-14-10-15(19)18(16(14)20)12-4-2-3-5-12/h6-9,12,14,17H,2-5,10H2,1H3/t14-/m0/s1. The quantitative estimate of drug-likeness (QED) is 0.863. The molecule has 1 heterocycles. The summed E-state index contributed by atoms with van der Waals surface area (Å²) in [5.74, 6) is 0.641. The van der Waals surface area contributed by atoms with Crippen molar-refractivity contribution in [3.8, 4) is 5.75 Å². The molecule has 1 aromatic rings. The Morgan fingerprint density at radius 2 is 1.81 bits per heavy atom. The molecular weight excluding hydrogens is 268 g/mol. The highest BCUT2D eigenvalue weighted by Crippen LogP contribution is 2.29. The maximum Gasteiger partial charge on any atom is 0.252 e. The summed E-state index contributed by atoms with van der Waals surface area (Å²) in [7, 11) is 1.61. The summed E-state index contributed by atoms with van der Waals surface area (Å²) < 4.78 is 5.10. The van der Waals surface area contributed by atoms with Crippen LogP contribution in [0.25, 0.3) is 0 Å². The van der Waals surface area contributed by atoms with Gasteiger partial charge in [0.2, 0.25) is 5.91 Å². The number of amides is 2. The molecule has 2 aliphatic rings. The number of anilines is 1. The molecule has 2 fully saturated rings. The number of imide groups is 1. The third kappa shape index (κ3) is 2.73. The molecule has 0 radical (unpaired) electrons. The molecule has 112 valence electrons. The Labute approximate surface area is 124 Å². The SMILES string of the molecule is COc1ccc(N[C@H]2CC(=O)N(C3CCCC3)C2=O)cc1. The van der Waals surface area contributed by atoms with E-state index in [2.05, 4.69) is 5.32 Å². The predicted octanol–water partition coefficient (Wildman–Crippen LogP) is 2.18. The van der Waals surface area contributed by atoms with Gasteiger partial charge in [-0.3, -0.25) is 14.5 Å². The number of carbonyl (C=O) groups excluding carboxylic acids is 2. The number of likely N-dealkylation sites (tertiary alicyclic amines) is 1. The van der Waals surface area contributed by atoms with Gasteiger partial charge in [0.25, 0.3) is 5.91 Å². The fourth-order valence-electron chi connectivity index (χ4n) is 3.20. The van der Waals surface area contributed by atoms with E-state index in [-0.39, 0.29) is 24.3 Å². The molecule has 0 aromatic heterocycles. The molecule has 2 amide bonds. The molecule has 1 saturated heterocycles. The first-order chi connectivity index (χ1) is 10.2. The van der Waals surface area contributed by atoms with Crippen LogP contribution < -0.4 is 10.1 Å². The molecule has 1 aliphatic heterocycles. The van der Waals surface area contributed by atoms with E-state index < -0.39 is 6.04 Å². The van der Waals surface area contributed by atoms with Gasteiger partial charge in [-0.05, 0) is 37.1 Å². The molecule has 3 rings (SSSR count). The maximum atomic E-state index is 12.4.